The summed E-state index contributed by atoms with van der Waals surface area (Å²) in [5.41, 5.74) is 1.42. The second kappa shape index (κ2) is 8.39. The van der Waals surface area contributed by atoms with Crippen molar-refractivity contribution in [2.45, 2.75) is 23.5 Å². The van der Waals surface area contributed by atoms with E-state index < -0.39 is 11.2 Å². The van der Waals surface area contributed by atoms with Gasteiger partial charge in [0.05, 0.1) is 42.8 Å². The van der Waals surface area contributed by atoms with E-state index in [0.29, 0.717) is 12.0 Å². The van der Waals surface area contributed by atoms with Crippen LogP contribution in [0.2, 0.25) is 5.11 Å². The molecule has 3 atom stereocenters. The molecule has 1 aliphatic carbocycles. The first kappa shape index (κ1) is 20.5. The molecule has 9 heteroatoms. The van der Waals surface area contributed by atoms with Gasteiger partial charge in [0.25, 0.3) is 0 Å². The Morgan fingerprint density at radius 1 is 1.36 bits per heavy atom. The highest BCUT2D eigenvalue weighted by molar-refractivity contribution is 6.59. The molecule has 1 heterocycles. The molecule has 0 bridgehead atoms. The molecule has 1 aromatic heterocycles. The smallest absolute Gasteiger partial charge is 0.224 e. The number of hydrogen-bond acceptors (Lipinski definition) is 4. The van der Waals surface area contributed by atoms with Crippen LogP contribution in [0.3, 0.4) is 0 Å². The SMILES string of the molecule is [B]C([B])([B])COc1ccc([C@H](CO)NC(=O)[C@H]2C[C@@H]2c2cccc(F)c2)cn1. The van der Waals surface area contributed by atoms with Gasteiger partial charge in [0.15, 0.2) is 0 Å². The van der Waals surface area contributed by atoms with E-state index in [1.165, 1.54) is 18.3 Å². The Balaban J connectivity index is 1.57. The van der Waals surface area contributed by atoms with Crippen molar-refractivity contribution >= 4 is 29.4 Å². The monoisotopic (exact) mass is 374 g/mol. The quantitative estimate of drug-likeness (QED) is 0.681. The molecule has 0 unspecified atom stereocenters. The molecule has 1 amide bonds. The maximum atomic E-state index is 13.4. The fourth-order valence-electron chi connectivity index (χ4n) is 2.99. The minimum absolute atomic E-state index is 0.00648. The number of aliphatic hydroxyl groups is 1. The van der Waals surface area contributed by atoms with Crippen molar-refractivity contribution in [1.82, 2.24) is 10.3 Å². The van der Waals surface area contributed by atoms with Crippen molar-refractivity contribution in [3.63, 3.8) is 0 Å². The van der Waals surface area contributed by atoms with Gasteiger partial charge in [-0.2, -0.15) is 0 Å². The fourth-order valence-corrected chi connectivity index (χ4v) is 2.99. The Bertz CT molecular complexity index is 830. The van der Waals surface area contributed by atoms with Crippen molar-refractivity contribution in [2.24, 2.45) is 5.92 Å². The number of nitrogens with zero attached hydrogens (tertiary/aromatic N) is 1. The highest BCUT2D eigenvalue weighted by Crippen LogP contribution is 2.47. The lowest BCUT2D eigenvalue weighted by atomic mass is 9.43. The summed E-state index contributed by atoms with van der Waals surface area (Å²) in [6.45, 7) is -0.412. The van der Waals surface area contributed by atoms with Crippen molar-refractivity contribution in [1.29, 1.82) is 0 Å². The van der Waals surface area contributed by atoms with E-state index in [2.05, 4.69) is 10.3 Å². The average molecular weight is 374 g/mol. The number of halogens is 1. The molecular formula is C19H18B3FN2O3. The van der Waals surface area contributed by atoms with Crippen molar-refractivity contribution in [3.8, 4) is 5.88 Å². The van der Waals surface area contributed by atoms with Gasteiger partial charge in [-0.25, -0.2) is 9.37 Å². The standard InChI is InChI=1S/C19H18B3FN2O3/c20-19(21,22)10-28-17-5-4-12(8-24-17)16(9-26)25-18(27)15-7-14(15)11-2-1-3-13(23)6-11/h1-6,8,14-16,26H,7,9-10H2,(H,25,27)/t14-,15+,16+/m1/s1. The number of aliphatic hydroxyl groups excluding tert-OH is 1. The predicted molar refractivity (Wildman–Crippen MR) is 105 cm³/mol. The third-order valence-corrected chi connectivity index (χ3v) is 4.53. The Morgan fingerprint density at radius 3 is 2.75 bits per heavy atom. The lowest BCUT2D eigenvalue weighted by Crippen LogP contribution is -2.32. The molecule has 28 heavy (non-hydrogen) atoms. The van der Waals surface area contributed by atoms with Crippen LogP contribution in [0.4, 0.5) is 4.39 Å². The van der Waals surface area contributed by atoms with Gasteiger partial charge >= 0.3 is 0 Å². The number of carbonyl (C=O) groups is 1. The first-order chi connectivity index (χ1) is 13.3. The Labute approximate surface area is 167 Å². The Morgan fingerprint density at radius 2 is 2.14 bits per heavy atom. The van der Waals surface area contributed by atoms with E-state index in [9.17, 15) is 14.3 Å². The molecule has 0 aliphatic heterocycles. The summed E-state index contributed by atoms with van der Waals surface area (Å²) in [5.74, 6) is -0.480. The largest absolute Gasteiger partial charge is 0.479 e. The number of nitrogens with one attached hydrogen (secondary N) is 1. The third kappa shape index (κ3) is 5.38. The van der Waals surface area contributed by atoms with E-state index in [0.717, 1.165) is 5.56 Å². The number of pyridine rings is 1. The number of benzene rings is 1. The fraction of sp³-hybridized carbons (Fsp3) is 0.368. The zero-order valence-electron chi connectivity index (χ0n) is 15.2. The average Bonchev–Trinajstić information content (AvgIpc) is 3.45. The number of aromatic nitrogens is 1. The van der Waals surface area contributed by atoms with Crippen LogP contribution in [-0.4, -0.2) is 52.8 Å². The molecule has 6 radical (unpaired) electrons. The summed E-state index contributed by atoms with van der Waals surface area (Å²) >= 11 is 0. The highest BCUT2D eigenvalue weighted by Gasteiger charge is 2.44. The molecule has 1 saturated carbocycles. The summed E-state index contributed by atoms with van der Waals surface area (Å²) in [4.78, 5) is 16.6. The Kier molecular flexibility index (Phi) is 6.13. The van der Waals surface area contributed by atoms with Crippen LogP contribution in [0.1, 0.15) is 29.5 Å². The van der Waals surface area contributed by atoms with E-state index in [-0.39, 0.29) is 42.7 Å². The van der Waals surface area contributed by atoms with Crippen LogP contribution in [-0.2, 0) is 4.79 Å². The van der Waals surface area contributed by atoms with Crippen LogP contribution >= 0.6 is 0 Å². The molecule has 138 valence electrons. The van der Waals surface area contributed by atoms with E-state index >= 15 is 0 Å². The van der Waals surface area contributed by atoms with Gasteiger partial charge in [0.1, 0.15) is 5.82 Å². The number of amides is 1. The van der Waals surface area contributed by atoms with Gasteiger partial charge in [0.2, 0.25) is 11.8 Å². The number of hydrogen-bond donors (Lipinski definition) is 2. The minimum atomic E-state index is -1.47. The lowest BCUT2D eigenvalue weighted by molar-refractivity contribution is -0.123. The molecule has 5 nitrogen and oxygen atoms in total. The van der Waals surface area contributed by atoms with Crippen molar-refractivity contribution in [2.75, 3.05) is 13.2 Å². The van der Waals surface area contributed by atoms with Crippen LogP contribution in [0.25, 0.3) is 0 Å². The first-order valence-corrected chi connectivity index (χ1v) is 8.89. The lowest BCUT2D eigenvalue weighted by Gasteiger charge is -2.20. The zero-order chi connectivity index (χ0) is 20.3. The van der Waals surface area contributed by atoms with Crippen LogP contribution < -0.4 is 10.1 Å². The molecule has 1 aliphatic rings. The van der Waals surface area contributed by atoms with E-state index in [1.54, 1.807) is 18.2 Å². The number of carbonyl (C=O) groups excluding carboxylic acids is 1. The molecule has 0 spiro atoms. The third-order valence-electron chi connectivity index (χ3n) is 4.53. The van der Waals surface area contributed by atoms with Crippen LogP contribution in [0.15, 0.2) is 42.6 Å². The molecule has 0 saturated heterocycles. The van der Waals surface area contributed by atoms with Gasteiger partial charge < -0.3 is 15.2 Å². The van der Waals surface area contributed by atoms with Gasteiger partial charge in [0, 0.05) is 18.2 Å². The first-order valence-electron chi connectivity index (χ1n) is 8.89. The van der Waals surface area contributed by atoms with E-state index in [1.807, 2.05) is 6.07 Å². The molecule has 1 fully saturated rings. The van der Waals surface area contributed by atoms with Crippen LogP contribution in [0.5, 0.6) is 5.88 Å². The molecular weight excluding hydrogens is 356 g/mol. The second-order valence-electron chi connectivity index (χ2n) is 7.08. The van der Waals surface area contributed by atoms with Crippen molar-refractivity contribution in [3.05, 3.63) is 59.5 Å². The Hall–Kier alpha value is -2.28. The normalized spacial score (nSPS) is 19.6. The van der Waals surface area contributed by atoms with Gasteiger partial charge in [-0.05, 0) is 41.7 Å². The molecule has 2 N–H and O–H groups in total. The number of rotatable bonds is 8. The summed E-state index contributed by atoms with van der Waals surface area (Å²) < 4.78 is 18.6. The molecule has 1 aromatic carbocycles. The van der Waals surface area contributed by atoms with E-state index in [4.69, 9.17) is 28.3 Å². The van der Waals surface area contributed by atoms with Gasteiger partial charge in [-0.15, -0.1) is 0 Å². The number of ether oxygens (including phenoxy) is 1. The maximum Gasteiger partial charge on any atom is 0.224 e. The second-order valence-corrected chi connectivity index (χ2v) is 7.08. The van der Waals surface area contributed by atoms with Crippen LogP contribution in [0, 0.1) is 11.7 Å². The zero-order valence-corrected chi connectivity index (χ0v) is 15.2. The van der Waals surface area contributed by atoms with Gasteiger partial charge in [-0.1, -0.05) is 17.2 Å². The maximum absolute atomic E-state index is 13.4. The summed E-state index contributed by atoms with van der Waals surface area (Å²) in [7, 11) is 16.3. The van der Waals surface area contributed by atoms with Crippen molar-refractivity contribution < 1.29 is 19.0 Å². The minimum Gasteiger partial charge on any atom is -0.479 e. The molecule has 3 rings (SSSR count). The van der Waals surface area contributed by atoms with Gasteiger partial charge in [-0.3, -0.25) is 4.79 Å². The summed E-state index contributed by atoms with van der Waals surface area (Å²) in [5, 5.41) is 11.0. The topological polar surface area (TPSA) is 71.5 Å². The highest BCUT2D eigenvalue weighted by atomic mass is 19.1. The summed E-state index contributed by atoms with van der Waals surface area (Å²) in [6, 6.07) is 8.90. The molecule has 2 aromatic rings. The summed E-state index contributed by atoms with van der Waals surface area (Å²) in [6.07, 6.45) is 2.14. The predicted octanol–water partition coefficient (Wildman–Crippen LogP) is 1.13.